The van der Waals surface area contributed by atoms with E-state index in [2.05, 4.69) is 26.0 Å². The van der Waals surface area contributed by atoms with Crippen LogP contribution >= 0.6 is 0 Å². The van der Waals surface area contributed by atoms with Gasteiger partial charge in [0.1, 0.15) is 0 Å². The Morgan fingerprint density at radius 2 is 1.65 bits per heavy atom. The summed E-state index contributed by atoms with van der Waals surface area (Å²) in [6.07, 6.45) is 15.2. The Hall–Kier alpha value is -0.0831. The van der Waals surface area contributed by atoms with Gasteiger partial charge in [0.15, 0.2) is 0 Å². The summed E-state index contributed by atoms with van der Waals surface area (Å²) >= 11 is 0. The number of hydrogen-bond donors (Lipinski definition) is 0. The van der Waals surface area contributed by atoms with Gasteiger partial charge < -0.3 is 4.74 Å². The van der Waals surface area contributed by atoms with E-state index in [-0.39, 0.29) is 8.80 Å². The minimum absolute atomic E-state index is 0.350. The van der Waals surface area contributed by atoms with Gasteiger partial charge in [-0.05, 0) is 57.8 Å². The summed E-state index contributed by atoms with van der Waals surface area (Å²) in [6, 6.07) is 4.83. The molecule has 2 rings (SSSR count). The van der Waals surface area contributed by atoms with Crippen LogP contribution in [0.4, 0.5) is 0 Å². The Labute approximate surface area is 127 Å². The van der Waals surface area contributed by atoms with Gasteiger partial charge in [0.05, 0.1) is 6.10 Å². The topological polar surface area (TPSA) is 9.23 Å². The highest BCUT2D eigenvalue weighted by molar-refractivity contribution is 6.59. The van der Waals surface area contributed by atoms with Gasteiger partial charge in [-0.2, -0.15) is 0 Å². The molecule has 0 aromatic rings. The largest absolute Gasteiger partial charge is 0.379 e. The molecule has 0 radical (unpaired) electrons. The molecule has 2 aliphatic rings. The molecule has 1 saturated heterocycles. The fourth-order valence-corrected chi connectivity index (χ4v) is 7.74. The zero-order chi connectivity index (χ0) is 14.2. The lowest BCUT2D eigenvalue weighted by Gasteiger charge is -2.37. The van der Waals surface area contributed by atoms with E-state index in [1.54, 1.807) is 31.0 Å². The minimum Gasteiger partial charge on any atom is -0.379 e. The molecule has 116 valence electrons. The number of hydrogen-bond acceptors (Lipinski definition) is 1. The molecule has 0 bridgehead atoms. The molecule has 0 N–H and O–H groups in total. The fourth-order valence-electron chi connectivity index (χ4n) is 4.41. The number of rotatable bonds is 6. The minimum atomic E-state index is -0.350. The second-order valence-electron chi connectivity index (χ2n) is 6.92. The highest BCUT2D eigenvalue weighted by atomic mass is 28.3. The van der Waals surface area contributed by atoms with E-state index < -0.39 is 0 Å². The maximum absolute atomic E-state index is 5.79. The zero-order valence-electron chi connectivity index (χ0n) is 13.7. The summed E-state index contributed by atoms with van der Waals surface area (Å²) in [5, 5.41) is 0. The van der Waals surface area contributed by atoms with Crippen LogP contribution in [-0.4, -0.2) is 21.5 Å². The van der Waals surface area contributed by atoms with Crippen LogP contribution in [0.5, 0.6) is 0 Å². The highest BCUT2D eigenvalue weighted by Crippen LogP contribution is 2.40. The first-order valence-corrected chi connectivity index (χ1v) is 11.5. The monoisotopic (exact) mass is 294 g/mol. The van der Waals surface area contributed by atoms with Gasteiger partial charge in [-0.3, -0.25) is 0 Å². The van der Waals surface area contributed by atoms with Crippen molar-refractivity contribution in [2.45, 2.75) is 83.0 Å². The van der Waals surface area contributed by atoms with Crippen molar-refractivity contribution in [2.75, 3.05) is 6.61 Å². The molecule has 0 atom stereocenters. The molecule has 0 spiro atoms. The van der Waals surface area contributed by atoms with Crippen LogP contribution < -0.4 is 0 Å². The lowest BCUT2D eigenvalue weighted by molar-refractivity contribution is 0.0171. The van der Waals surface area contributed by atoms with Crippen LogP contribution in [0.1, 0.15) is 58.8 Å². The maximum Gasteiger partial charge on any atom is 0.0575 e. The molecule has 0 unspecified atom stereocenters. The second kappa shape index (κ2) is 9.04. The predicted octanol–water partition coefficient (Wildman–Crippen LogP) is 5.19. The van der Waals surface area contributed by atoms with E-state index in [0.717, 1.165) is 18.4 Å². The Balaban J connectivity index is 1.64. The lowest BCUT2D eigenvalue weighted by Crippen LogP contribution is -2.30. The van der Waals surface area contributed by atoms with Gasteiger partial charge in [-0.1, -0.05) is 43.1 Å². The fraction of sp³-hybridized carbons (Fsp3) is 0.889. The normalized spacial score (nSPS) is 35.5. The van der Waals surface area contributed by atoms with Gasteiger partial charge in [-0.25, -0.2) is 0 Å². The standard InChI is InChI=1S/C18H34OSi/c1-3-5-6-13-20-14-11-17(12-15-20)16-7-9-18(10-8-16)19-4-2/h3,5,16-18,20H,4,6-15H2,1-2H3. The van der Waals surface area contributed by atoms with Crippen molar-refractivity contribution in [1.82, 2.24) is 0 Å². The van der Waals surface area contributed by atoms with Crippen molar-refractivity contribution in [2.24, 2.45) is 11.8 Å². The van der Waals surface area contributed by atoms with Gasteiger partial charge in [0.2, 0.25) is 0 Å². The third-order valence-corrected chi connectivity index (χ3v) is 9.11. The van der Waals surface area contributed by atoms with E-state index in [0.29, 0.717) is 6.10 Å². The molecule has 20 heavy (non-hydrogen) atoms. The van der Waals surface area contributed by atoms with Gasteiger partial charge in [0.25, 0.3) is 0 Å². The van der Waals surface area contributed by atoms with Crippen molar-refractivity contribution in [3.05, 3.63) is 12.2 Å². The first-order valence-electron chi connectivity index (χ1n) is 9.06. The maximum atomic E-state index is 5.79. The predicted molar refractivity (Wildman–Crippen MR) is 91.1 cm³/mol. The molecule has 0 aromatic carbocycles. The molecule has 0 amide bonds. The summed E-state index contributed by atoms with van der Waals surface area (Å²) in [7, 11) is -0.350. The summed E-state index contributed by atoms with van der Waals surface area (Å²) in [6.45, 7) is 5.18. The van der Waals surface area contributed by atoms with Crippen LogP contribution in [0.2, 0.25) is 18.1 Å². The summed E-state index contributed by atoms with van der Waals surface area (Å²) in [5.41, 5.74) is 0. The zero-order valence-corrected chi connectivity index (χ0v) is 14.8. The molecule has 1 aliphatic heterocycles. The van der Waals surface area contributed by atoms with Crippen molar-refractivity contribution in [3.8, 4) is 0 Å². The molecule has 1 nitrogen and oxygen atoms in total. The first-order chi connectivity index (χ1) is 9.83. The lowest BCUT2D eigenvalue weighted by atomic mass is 9.76. The van der Waals surface area contributed by atoms with Gasteiger partial charge >= 0.3 is 0 Å². The summed E-state index contributed by atoms with van der Waals surface area (Å²) < 4.78 is 5.79. The first kappa shape index (κ1) is 16.3. The third kappa shape index (κ3) is 5.03. The smallest absolute Gasteiger partial charge is 0.0575 e. The number of allylic oxidation sites excluding steroid dienone is 2. The second-order valence-corrected chi connectivity index (χ2v) is 10.4. The molecular weight excluding hydrogens is 260 g/mol. The van der Waals surface area contributed by atoms with Crippen molar-refractivity contribution < 1.29 is 4.74 Å². The quantitative estimate of drug-likeness (QED) is 0.484. The Morgan fingerprint density at radius 1 is 1.00 bits per heavy atom. The SMILES string of the molecule is CC=CCC[SiH]1CCC(C2CCC(OCC)CC2)CC1. The van der Waals surface area contributed by atoms with Crippen LogP contribution in [-0.2, 0) is 4.74 Å². The molecule has 2 heteroatoms. The average molecular weight is 295 g/mol. The Morgan fingerprint density at radius 3 is 2.25 bits per heavy atom. The summed E-state index contributed by atoms with van der Waals surface area (Å²) in [4.78, 5) is 0. The van der Waals surface area contributed by atoms with Crippen molar-refractivity contribution >= 4 is 8.80 Å². The van der Waals surface area contributed by atoms with Crippen molar-refractivity contribution in [1.29, 1.82) is 0 Å². The molecule has 2 fully saturated rings. The molecule has 0 aromatic heterocycles. The summed E-state index contributed by atoms with van der Waals surface area (Å²) in [5.74, 6) is 2.11. The van der Waals surface area contributed by atoms with Crippen LogP contribution in [0.15, 0.2) is 12.2 Å². The van der Waals surface area contributed by atoms with E-state index in [1.165, 1.54) is 32.1 Å². The van der Waals surface area contributed by atoms with Crippen LogP contribution in [0, 0.1) is 11.8 Å². The Kier molecular flexibility index (Phi) is 7.36. The highest BCUT2D eigenvalue weighted by Gasteiger charge is 2.31. The van der Waals surface area contributed by atoms with E-state index in [1.807, 2.05) is 0 Å². The van der Waals surface area contributed by atoms with Crippen molar-refractivity contribution in [3.63, 3.8) is 0 Å². The van der Waals surface area contributed by atoms with E-state index in [4.69, 9.17) is 4.74 Å². The molecule has 1 heterocycles. The molecule has 1 saturated carbocycles. The number of ether oxygens (including phenoxy) is 1. The van der Waals surface area contributed by atoms with E-state index in [9.17, 15) is 0 Å². The Bertz CT molecular complexity index is 273. The van der Waals surface area contributed by atoms with Gasteiger partial charge in [0, 0.05) is 15.4 Å². The van der Waals surface area contributed by atoms with Crippen LogP contribution in [0.3, 0.4) is 0 Å². The van der Waals surface area contributed by atoms with Gasteiger partial charge in [-0.15, -0.1) is 0 Å². The average Bonchev–Trinajstić information content (AvgIpc) is 2.49. The van der Waals surface area contributed by atoms with E-state index >= 15 is 0 Å². The van der Waals surface area contributed by atoms with Crippen LogP contribution in [0.25, 0.3) is 0 Å². The third-order valence-electron chi connectivity index (χ3n) is 5.66. The molecule has 1 aliphatic carbocycles. The molecular formula is C18H34OSi.